The van der Waals surface area contributed by atoms with Crippen LogP contribution in [0.1, 0.15) is 22.2 Å². The molecule has 0 radical (unpaired) electrons. The number of thiazole rings is 1. The van der Waals surface area contributed by atoms with Crippen molar-refractivity contribution >= 4 is 33.7 Å². The van der Waals surface area contributed by atoms with Crippen molar-refractivity contribution in [3.8, 4) is 22.1 Å². The fraction of sp³-hybridized carbons (Fsp3) is 0.333. The summed E-state index contributed by atoms with van der Waals surface area (Å²) >= 11 is 3.32. The molecule has 2 N–H and O–H groups in total. The normalized spacial score (nSPS) is 10.6. The Morgan fingerprint density at radius 1 is 1.10 bits per heavy atom. The summed E-state index contributed by atoms with van der Waals surface area (Å²) in [5.41, 5.74) is 2.17. The molecule has 154 valence electrons. The molecule has 6 nitrogen and oxygen atoms in total. The Hall–Kier alpha value is -2.58. The molecule has 0 aliphatic heterocycles. The third-order valence-electron chi connectivity index (χ3n) is 4.34. The molecule has 0 atom stereocenters. The summed E-state index contributed by atoms with van der Waals surface area (Å²) in [6.45, 7) is 4.94. The highest BCUT2D eigenvalue weighted by molar-refractivity contribution is 7.18. The lowest BCUT2D eigenvalue weighted by Gasteiger charge is -2.09. The van der Waals surface area contributed by atoms with Crippen molar-refractivity contribution in [3.05, 3.63) is 45.6 Å². The largest absolute Gasteiger partial charge is 0.493 e. The minimum absolute atomic E-state index is 0.0224. The highest BCUT2D eigenvalue weighted by atomic mass is 32.1. The Morgan fingerprint density at radius 3 is 2.62 bits per heavy atom. The van der Waals surface area contributed by atoms with Gasteiger partial charge in [-0.2, -0.15) is 0 Å². The van der Waals surface area contributed by atoms with Crippen molar-refractivity contribution < 1.29 is 14.3 Å². The number of carbonyl (C=O) groups excluding carboxylic acids is 1. The minimum atomic E-state index is -0.0224. The van der Waals surface area contributed by atoms with E-state index in [2.05, 4.69) is 23.6 Å². The molecular weight excluding hydrogens is 406 g/mol. The zero-order valence-electron chi connectivity index (χ0n) is 17.0. The smallest absolute Gasteiger partial charge is 0.217 e. The number of nitrogens with one attached hydrogen (secondary N) is 2. The maximum absolute atomic E-state index is 11.1. The number of benzene rings is 1. The molecule has 8 heteroatoms. The van der Waals surface area contributed by atoms with Gasteiger partial charge < -0.3 is 20.1 Å². The molecular formula is C21H25N3O3S2. The zero-order chi connectivity index (χ0) is 20.8. The van der Waals surface area contributed by atoms with E-state index in [0.29, 0.717) is 6.54 Å². The number of aryl methyl sites for hydroxylation is 1. The Morgan fingerprint density at radius 2 is 1.90 bits per heavy atom. The van der Waals surface area contributed by atoms with Gasteiger partial charge in [-0.25, -0.2) is 4.98 Å². The molecule has 1 aromatic carbocycles. The fourth-order valence-electron chi connectivity index (χ4n) is 2.86. The lowest BCUT2D eigenvalue weighted by molar-refractivity contribution is -0.119. The van der Waals surface area contributed by atoms with E-state index < -0.39 is 0 Å². The Kier molecular flexibility index (Phi) is 7.11. The van der Waals surface area contributed by atoms with E-state index in [0.717, 1.165) is 45.0 Å². The van der Waals surface area contributed by atoms with Crippen LogP contribution in [0.5, 0.6) is 11.5 Å². The van der Waals surface area contributed by atoms with Crippen LogP contribution in [0, 0.1) is 6.92 Å². The molecule has 3 rings (SSSR count). The Labute approximate surface area is 178 Å². The molecule has 0 fully saturated rings. The summed E-state index contributed by atoms with van der Waals surface area (Å²) in [6, 6.07) is 10.1. The van der Waals surface area contributed by atoms with Crippen molar-refractivity contribution in [3.63, 3.8) is 0 Å². The number of carbonyl (C=O) groups is 1. The predicted molar refractivity (Wildman–Crippen MR) is 119 cm³/mol. The van der Waals surface area contributed by atoms with Gasteiger partial charge in [0.1, 0.15) is 0 Å². The van der Waals surface area contributed by atoms with Crippen LogP contribution in [-0.4, -0.2) is 31.7 Å². The molecule has 0 saturated heterocycles. The van der Waals surface area contributed by atoms with Crippen LogP contribution in [0.2, 0.25) is 0 Å². The lowest BCUT2D eigenvalue weighted by Crippen LogP contribution is -2.17. The van der Waals surface area contributed by atoms with Gasteiger partial charge in [0, 0.05) is 23.2 Å². The van der Waals surface area contributed by atoms with Crippen molar-refractivity contribution in [1.29, 1.82) is 0 Å². The number of hydrogen-bond acceptors (Lipinski definition) is 7. The Balaban J connectivity index is 1.60. The van der Waals surface area contributed by atoms with Crippen molar-refractivity contribution in [2.75, 3.05) is 26.1 Å². The first-order valence-electron chi connectivity index (χ1n) is 9.26. The molecule has 3 aromatic rings. The maximum Gasteiger partial charge on any atom is 0.217 e. The average molecular weight is 432 g/mol. The van der Waals surface area contributed by atoms with E-state index in [1.807, 2.05) is 24.3 Å². The number of thiophene rings is 1. The van der Waals surface area contributed by atoms with Gasteiger partial charge in [0.2, 0.25) is 5.91 Å². The van der Waals surface area contributed by atoms with Crippen molar-refractivity contribution in [2.24, 2.45) is 0 Å². The summed E-state index contributed by atoms with van der Waals surface area (Å²) in [5, 5.41) is 7.16. The molecule has 0 bridgehead atoms. The lowest BCUT2D eigenvalue weighted by atomic mass is 10.1. The topological polar surface area (TPSA) is 72.5 Å². The SMILES string of the molecule is COc1ccc(CCNc2nc(-c3ccc(CNC(C)=O)s3)c(C)s2)cc1OC. The number of ether oxygens (including phenoxy) is 2. The molecule has 2 heterocycles. The number of methoxy groups -OCH3 is 2. The van der Waals surface area contributed by atoms with E-state index in [1.54, 1.807) is 36.9 Å². The summed E-state index contributed by atoms with van der Waals surface area (Å²) in [7, 11) is 3.28. The van der Waals surface area contributed by atoms with Crippen LogP contribution in [0.3, 0.4) is 0 Å². The highest BCUT2D eigenvalue weighted by Crippen LogP contribution is 2.34. The van der Waals surface area contributed by atoms with Gasteiger partial charge in [0.15, 0.2) is 16.6 Å². The van der Waals surface area contributed by atoms with Gasteiger partial charge in [-0.3, -0.25) is 4.79 Å². The quantitative estimate of drug-likeness (QED) is 0.522. The third-order valence-corrected chi connectivity index (χ3v) is 6.36. The molecule has 0 spiro atoms. The number of nitrogens with zero attached hydrogens (tertiary/aromatic N) is 1. The van der Waals surface area contributed by atoms with Gasteiger partial charge >= 0.3 is 0 Å². The number of anilines is 1. The molecule has 0 saturated carbocycles. The molecule has 0 aliphatic carbocycles. The average Bonchev–Trinajstić information content (AvgIpc) is 3.32. The fourth-order valence-corrected chi connectivity index (χ4v) is 4.77. The zero-order valence-corrected chi connectivity index (χ0v) is 18.6. The summed E-state index contributed by atoms with van der Waals surface area (Å²) < 4.78 is 10.6. The number of amides is 1. The molecule has 0 unspecified atom stereocenters. The van der Waals surface area contributed by atoms with Crippen LogP contribution < -0.4 is 20.1 Å². The first-order chi connectivity index (χ1) is 14.0. The maximum atomic E-state index is 11.1. The monoisotopic (exact) mass is 431 g/mol. The molecule has 0 aliphatic rings. The first kappa shape index (κ1) is 21.1. The summed E-state index contributed by atoms with van der Waals surface area (Å²) in [6.07, 6.45) is 0.855. The molecule has 29 heavy (non-hydrogen) atoms. The van der Waals surface area contributed by atoms with Crippen LogP contribution in [0.15, 0.2) is 30.3 Å². The van der Waals surface area contributed by atoms with E-state index in [4.69, 9.17) is 14.5 Å². The van der Waals surface area contributed by atoms with Gasteiger partial charge in [-0.15, -0.1) is 22.7 Å². The first-order valence-corrected chi connectivity index (χ1v) is 10.9. The van der Waals surface area contributed by atoms with Crippen LogP contribution in [-0.2, 0) is 17.8 Å². The predicted octanol–water partition coefficient (Wildman–Crippen LogP) is 4.49. The van der Waals surface area contributed by atoms with E-state index >= 15 is 0 Å². The van der Waals surface area contributed by atoms with Crippen LogP contribution in [0.25, 0.3) is 10.6 Å². The number of aromatic nitrogens is 1. The number of rotatable bonds is 9. The van der Waals surface area contributed by atoms with E-state index in [1.165, 1.54) is 17.4 Å². The second-order valence-electron chi connectivity index (χ2n) is 6.47. The van der Waals surface area contributed by atoms with Crippen LogP contribution >= 0.6 is 22.7 Å². The standard InChI is InChI=1S/C21H25N3O3S2/c1-13-20(19-8-6-16(29-19)12-23-14(2)25)24-21(28-13)22-10-9-15-5-7-17(26-3)18(11-15)27-4/h5-8,11H,9-10,12H2,1-4H3,(H,22,24)(H,23,25). The van der Waals surface area contributed by atoms with Gasteiger partial charge in [0.05, 0.1) is 31.3 Å². The second kappa shape index (κ2) is 9.76. The van der Waals surface area contributed by atoms with Crippen molar-refractivity contribution in [1.82, 2.24) is 10.3 Å². The van der Waals surface area contributed by atoms with Gasteiger partial charge in [0.25, 0.3) is 0 Å². The highest BCUT2D eigenvalue weighted by Gasteiger charge is 2.12. The van der Waals surface area contributed by atoms with E-state index in [9.17, 15) is 4.79 Å². The van der Waals surface area contributed by atoms with E-state index in [-0.39, 0.29) is 5.91 Å². The minimum Gasteiger partial charge on any atom is -0.493 e. The Bertz CT molecular complexity index is 981. The molecule has 2 aromatic heterocycles. The summed E-state index contributed by atoms with van der Waals surface area (Å²) in [5.74, 6) is 1.45. The third kappa shape index (κ3) is 5.48. The van der Waals surface area contributed by atoms with Gasteiger partial charge in [-0.05, 0) is 43.2 Å². The summed E-state index contributed by atoms with van der Waals surface area (Å²) in [4.78, 5) is 19.3. The second-order valence-corrected chi connectivity index (χ2v) is 8.84. The van der Waals surface area contributed by atoms with Gasteiger partial charge in [-0.1, -0.05) is 6.07 Å². The van der Waals surface area contributed by atoms with Crippen LogP contribution in [0.4, 0.5) is 5.13 Å². The number of hydrogen-bond donors (Lipinski definition) is 2. The molecule has 1 amide bonds. The van der Waals surface area contributed by atoms with Crippen molar-refractivity contribution in [2.45, 2.75) is 26.8 Å².